The van der Waals surface area contributed by atoms with Gasteiger partial charge in [0.05, 0.1) is 23.7 Å². The molecule has 0 aliphatic carbocycles. The zero-order valence-electron chi connectivity index (χ0n) is 14.6. The highest BCUT2D eigenvalue weighted by Crippen LogP contribution is 2.33. The van der Waals surface area contributed by atoms with Crippen molar-refractivity contribution in [1.29, 1.82) is 0 Å². The summed E-state index contributed by atoms with van der Waals surface area (Å²) in [7, 11) is 0. The van der Waals surface area contributed by atoms with Crippen LogP contribution in [-0.2, 0) is 9.53 Å². The summed E-state index contributed by atoms with van der Waals surface area (Å²) in [5.41, 5.74) is 0.789. The van der Waals surface area contributed by atoms with Gasteiger partial charge in [-0.2, -0.15) is 4.99 Å². The molecule has 2 unspecified atom stereocenters. The fourth-order valence-electron chi connectivity index (χ4n) is 2.91. The van der Waals surface area contributed by atoms with E-state index in [1.165, 1.54) is 11.8 Å². The molecule has 6 nitrogen and oxygen atoms in total. The minimum Gasteiger partial charge on any atom is -0.504 e. The second-order valence-electron chi connectivity index (χ2n) is 6.13. The van der Waals surface area contributed by atoms with Gasteiger partial charge in [-0.3, -0.25) is 4.79 Å². The van der Waals surface area contributed by atoms with Gasteiger partial charge in [0, 0.05) is 13.1 Å². The van der Waals surface area contributed by atoms with Gasteiger partial charge in [-0.05, 0) is 56.3 Å². The van der Waals surface area contributed by atoms with Crippen LogP contribution in [0.15, 0.2) is 28.1 Å². The molecule has 2 aliphatic rings. The predicted octanol–water partition coefficient (Wildman–Crippen LogP) is 2.87. The smallest absolute Gasteiger partial charge is 0.286 e. The van der Waals surface area contributed by atoms with Gasteiger partial charge in [0.1, 0.15) is 0 Å². The van der Waals surface area contributed by atoms with Crippen LogP contribution >= 0.6 is 11.8 Å². The van der Waals surface area contributed by atoms with Gasteiger partial charge in [0.2, 0.25) is 0 Å². The number of phenols is 1. The second-order valence-corrected chi connectivity index (χ2v) is 7.14. The Morgan fingerprint density at radius 1 is 1.40 bits per heavy atom. The number of hydrogen-bond donors (Lipinski definition) is 1. The van der Waals surface area contributed by atoms with Crippen molar-refractivity contribution in [3.8, 4) is 11.5 Å². The Kier molecular flexibility index (Phi) is 5.34. The zero-order valence-corrected chi connectivity index (χ0v) is 15.4. The summed E-state index contributed by atoms with van der Waals surface area (Å²) in [4.78, 5) is 19.1. The molecule has 1 amide bonds. The maximum atomic E-state index is 12.3. The van der Waals surface area contributed by atoms with Gasteiger partial charge in [-0.25, -0.2) is 0 Å². The molecular formula is C18H22N2O4S. The molecule has 0 radical (unpaired) electrons. The molecule has 25 heavy (non-hydrogen) atoms. The number of ether oxygens (including phenoxy) is 2. The van der Waals surface area contributed by atoms with E-state index in [2.05, 4.69) is 9.89 Å². The van der Waals surface area contributed by atoms with Crippen molar-refractivity contribution in [2.24, 2.45) is 4.99 Å². The number of amidine groups is 1. The first-order chi connectivity index (χ1) is 12.0. The van der Waals surface area contributed by atoms with Gasteiger partial charge < -0.3 is 19.5 Å². The Bertz CT molecular complexity index is 722. The molecule has 1 aromatic carbocycles. The number of nitrogens with zero attached hydrogens (tertiary/aromatic N) is 2. The number of phenolic OH excluding ortho intramolecular Hbond substituents is 1. The molecule has 0 saturated carbocycles. The lowest BCUT2D eigenvalue weighted by Gasteiger charge is -2.35. The van der Waals surface area contributed by atoms with Gasteiger partial charge >= 0.3 is 0 Å². The van der Waals surface area contributed by atoms with Gasteiger partial charge in [-0.1, -0.05) is 6.07 Å². The largest absolute Gasteiger partial charge is 0.504 e. The summed E-state index contributed by atoms with van der Waals surface area (Å²) >= 11 is 1.38. The highest BCUT2D eigenvalue weighted by atomic mass is 32.2. The third-order valence-corrected chi connectivity index (χ3v) is 4.93. The van der Waals surface area contributed by atoms with E-state index < -0.39 is 0 Å². The van der Waals surface area contributed by atoms with Crippen LogP contribution in [0.3, 0.4) is 0 Å². The number of morpholine rings is 1. The maximum absolute atomic E-state index is 12.3. The number of thioether (sulfide) groups is 1. The second kappa shape index (κ2) is 7.49. The van der Waals surface area contributed by atoms with E-state index >= 15 is 0 Å². The molecular weight excluding hydrogens is 340 g/mol. The Labute approximate surface area is 151 Å². The summed E-state index contributed by atoms with van der Waals surface area (Å²) < 4.78 is 11.1. The van der Waals surface area contributed by atoms with Gasteiger partial charge in [0.15, 0.2) is 16.7 Å². The van der Waals surface area contributed by atoms with Crippen LogP contribution in [-0.4, -0.2) is 53.0 Å². The van der Waals surface area contributed by atoms with E-state index in [1.54, 1.807) is 24.3 Å². The van der Waals surface area contributed by atoms with Crippen LogP contribution in [0.2, 0.25) is 0 Å². The Hall–Kier alpha value is -1.99. The molecule has 1 saturated heterocycles. The quantitative estimate of drug-likeness (QED) is 0.834. The first-order valence-electron chi connectivity index (χ1n) is 8.35. The topological polar surface area (TPSA) is 71.4 Å². The lowest BCUT2D eigenvalue weighted by molar-refractivity contribution is -0.113. The van der Waals surface area contributed by atoms with Gasteiger partial charge in [0.25, 0.3) is 5.91 Å². The van der Waals surface area contributed by atoms with Crippen molar-refractivity contribution in [1.82, 2.24) is 4.90 Å². The average Bonchev–Trinajstić information content (AvgIpc) is 2.91. The van der Waals surface area contributed by atoms with E-state index in [4.69, 9.17) is 9.47 Å². The summed E-state index contributed by atoms with van der Waals surface area (Å²) in [6, 6.07) is 5.03. The number of aliphatic imine (C=N–C) groups is 1. The minimum atomic E-state index is -0.238. The molecule has 0 aromatic heterocycles. The average molecular weight is 362 g/mol. The summed E-state index contributed by atoms with van der Waals surface area (Å²) in [5, 5.41) is 10.5. The molecule has 2 atom stereocenters. The predicted molar refractivity (Wildman–Crippen MR) is 98.9 cm³/mol. The summed E-state index contributed by atoms with van der Waals surface area (Å²) in [5.74, 6) is 0.254. The third kappa shape index (κ3) is 4.16. The first kappa shape index (κ1) is 17.8. The molecule has 2 heterocycles. The summed E-state index contributed by atoms with van der Waals surface area (Å²) in [6.07, 6.45) is 2.00. The zero-order chi connectivity index (χ0) is 18.0. The highest BCUT2D eigenvalue weighted by molar-refractivity contribution is 8.18. The van der Waals surface area contributed by atoms with Crippen molar-refractivity contribution in [2.45, 2.75) is 33.0 Å². The SMILES string of the molecule is CCOc1cc(C=C2SC(N3CC(C)OC(C)C3)=NC2=O)ccc1O. The van der Waals surface area contributed by atoms with Crippen LogP contribution in [0, 0.1) is 0 Å². The van der Waals surface area contributed by atoms with Crippen LogP contribution in [0.5, 0.6) is 11.5 Å². The number of benzene rings is 1. The number of hydrogen-bond acceptors (Lipinski definition) is 6. The van der Waals surface area contributed by atoms with Gasteiger partial charge in [-0.15, -0.1) is 0 Å². The number of carbonyl (C=O) groups is 1. The van der Waals surface area contributed by atoms with Crippen molar-refractivity contribution in [3.63, 3.8) is 0 Å². The normalized spacial score (nSPS) is 25.4. The monoisotopic (exact) mass is 362 g/mol. The van der Waals surface area contributed by atoms with Crippen LogP contribution < -0.4 is 4.74 Å². The van der Waals surface area contributed by atoms with E-state index in [9.17, 15) is 9.90 Å². The van der Waals surface area contributed by atoms with Crippen molar-refractivity contribution in [2.75, 3.05) is 19.7 Å². The van der Waals surface area contributed by atoms with E-state index in [-0.39, 0.29) is 23.9 Å². The fraction of sp³-hybridized carbons (Fsp3) is 0.444. The van der Waals surface area contributed by atoms with E-state index in [0.29, 0.717) is 17.3 Å². The molecule has 0 bridgehead atoms. The minimum absolute atomic E-state index is 0.0858. The van der Waals surface area contributed by atoms with Crippen LogP contribution in [0.25, 0.3) is 6.08 Å². The molecule has 0 spiro atoms. The summed E-state index contributed by atoms with van der Waals surface area (Å²) in [6.45, 7) is 7.81. The number of rotatable bonds is 3. The number of aromatic hydroxyl groups is 1. The Balaban J connectivity index is 1.76. The maximum Gasteiger partial charge on any atom is 0.286 e. The molecule has 7 heteroatoms. The number of amides is 1. The standard InChI is InChI=1S/C18H22N2O4S/c1-4-23-15-7-13(5-6-14(15)21)8-16-17(22)19-18(25-16)20-9-11(2)24-12(3)10-20/h5-8,11-12,21H,4,9-10H2,1-3H3. The van der Waals surface area contributed by atoms with Crippen LogP contribution in [0.1, 0.15) is 26.3 Å². The molecule has 1 N–H and O–H groups in total. The lowest BCUT2D eigenvalue weighted by Crippen LogP contribution is -2.47. The molecule has 2 aliphatic heterocycles. The van der Waals surface area contributed by atoms with E-state index in [1.807, 2.05) is 20.8 Å². The Morgan fingerprint density at radius 2 is 2.12 bits per heavy atom. The first-order valence-corrected chi connectivity index (χ1v) is 9.16. The van der Waals surface area contributed by atoms with Crippen molar-refractivity contribution in [3.05, 3.63) is 28.7 Å². The third-order valence-electron chi connectivity index (χ3n) is 3.88. The Morgan fingerprint density at radius 3 is 2.80 bits per heavy atom. The molecule has 1 aromatic rings. The van der Waals surface area contributed by atoms with Crippen molar-refractivity contribution >= 4 is 28.9 Å². The van der Waals surface area contributed by atoms with E-state index in [0.717, 1.165) is 23.8 Å². The van der Waals surface area contributed by atoms with Crippen molar-refractivity contribution < 1.29 is 19.4 Å². The van der Waals surface area contributed by atoms with Crippen LogP contribution in [0.4, 0.5) is 0 Å². The lowest BCUT2D eigenvalue weighted by atomic mass is 10.2. The number of carbonyl (C=O) groups excluding carboxylic acids is 1. The highest BCUT2D eigenvalue weighted by Gasteiger charge is 2.31. The molecule has 3 rings (SSSR count). The fourth-order valence-corrected chi connectivity index (χ4v) is 3.84. The molecule has 1 fully saturated rings. The molecule has 134 valence electrons.